The fraction of sp³-hybridized carbons (Fsp3) is 0.429. The summed E-state index contributed by atoms with van der Waals surface area (Å²) in [4.78, 5) is 0. The van der Waals surface area contributed by atoms with Gasteiger partial charge in [0.15, 0.2) is 0 Å². The van der Waals surface area contributed by atoms with E-state index in [1.165, 1.54) is 5.56 Å². The standard InChI is InChI=1S/C14H19NO/c1-3-6-11(2)15-9-12-10-16-14-8-5-4-7-13(12)14/h3-5,7-8,11-12,15H,1,6,9-10H2,2H3. The average Bonchev–Trinajstić information content (AvgIpc) is 2.70. The van der Waals surface area contributed by atoms with Gasteiger partial charge in [0.1, 0.15) is 5.75 Å². The lowest BCUT2D eigenvalue weighted by atomic mass is 10.0. The summed E-state index contributed by atoms with van der Waals surface area (Å²) in [5.41, 5.74) is 1.33. The zero-order valence-corrected chi connectivity index (χ0v) is 9.78. The number of benzene rings is 1. The van der Waals surface area contributed by atoms with Crippen molar-refractivity contribution in [3.8, 4) is 5.75 Å². The largest absolute Gasteiger partial charge is 0.493 e. The van der Waals surface area contributed by atoms with Gasteiger partial charge in [0.25, 0.3) is 0 Å². The third kappa shape index (κ3) is 2.45. The van der Waals surface area contributed by atoms with Crippen LogP contribution in [0.5, 0.6) is 5.75 Å². The smallest absolute Gasteiger partial charge is 0.122 e. The molecule has 86 valence electrons. The minimum Gasteiger partial charge on any atom is -0.493 e. The molecular formula is C14H19NO. The highest BCUT2D eigenvalue weighted by Gasteiger charge is 2.23. The van der Waals surface area contributed by atoms with Gasteiger partial charge >= 0.3 is 0 Å². The minimum absolute atomic E-state index is 0.489. The zero-order chi connectivity index (χ0) is 11.4. The Kier molecular flexibility index (Phi) is 3.62. The Morgan fingerprint density at radius 2 is 2.38 bits per heavy atom. The van der Waals surface area contributed by atoms with E-state index in [0.717, 1.165) is 25.3 Å². The van der Waals surface area contributed by atoms with E-state index in [1.807, 2.05) is 18.2 Å². The molecule has 16 heavy (non-hydrogen) atoms. The van der Waals surface area contributed by atoms with Crippen molar-refractivity contribution in [1.82, 2.24) is 5.32 Å². The van der Waals surface area contributed by atoms with E-state index in [-0.39, 0.29) is 0 Å². The number of rotatable bonds is 5. The van der Waals surface area contributed by atoms with Crippen molar-refractivity contribution >= 4 is 0 Å². The highest BCUT2D eigenvalue weighted by atomic mass is 16.5. The van der Waals surface area contributed by atoms with Crippen molar-refractivity contribution in [3.63, 3.8) is 0 Å². The van der Waals surface area contributed by atoms with Crippen molar-refractivity contribution < 1.29 is 4.74 Å². The molecule has 0 spiro atoms. The van der Waals surface area contributed by atoms with Crippen LogP contribution in [-0.4, -0.2) is 19.2 Å². The van der Waals surface area contributed by atoms with E-state index in [9.17, 15) is 0 Å². The number of fused-ring (bicyclic) bond motifs is 1. The first-order valence-electron chi connectivity index (χ1n) is 5.87. The van der Waals surface area contributed by atoms with Crippen molar-refractivity contribution in [3.05, 3.63) is 42.5 Å². The summed E-state index contributed by atoms with van der Waals surface area (Å²) in [6.45, 7) is 7.71. The molecule has 0 saturated carbocycles. The predicted molar refractivity (Wildman–Crippen MR) is 67.0 cm³/mol. The molecule has 0 fully saturated rings. The molecule has 0 radical (unpaired) electrons. The Morgan fingerprint density at radius 1 is 1.56 bits per heavy atom. The second kappa shape index (κ2) is 5.17. The maximum atomic E-state index is 5.64. The summed E-state index contributed by atoms with van der Waals surface area (Å²) in [5, 5.41) is 3.52. The molecule has 1 aliphatic heterocycles. The van der Waals surface area contributed by atoms with Gasteiger partial charge in [-0.25, -0.2) is 0 Å². The van der Waals surface area contributed by atoms with E-state index < -0.39 is 0 Å². The van der Waals surface area contributed by atoms with Gasteiger partial charge in [-0.3, -0.25) is 0 Å². The van der Waals surface area contributed by atoms with Gasteiger partial charge in [-0.2, -0.15) is 0 Å². The van der Waals surface area contributed by atoms with Crippen molar-refractivity contribution in [1.29, 1.82) is 0 Å². The normalized spacial score (nSPS) is 19.9. The number of hydrogen-bond acceptors (Lipinski definition) is 2. The Labute approximate surface area is 97.3 Å². The van der Waals surface area contributed by atoms with Gasteiger partial charge in [-0.05, 0) is 19.4 Å². The van der Waals surface area contributed by atoms with Crippen LogP contribution >= 0.6 is 0 Å². The highest BCUT2D eigenvalue weighted by molar-refractivity contribution is 5.39. The molecule has 0 bridgehead atoms. The van der Waals surface area contributed by atoms with Crippen LogP contribution in [0.3, 0.4) is 0 Å². The Morgan fingerprint density at radius 3 is 3.19 bits per heavy atom. The van der Waals surface area contributed by atoms with Crippen LogP contribution in [0.25, 0.3) is 0 Å². The monoisotopic (exact) mass is 217 g/mol. The van der Waals surface area contributed by atoms with E-state index in [0.29, 0.717) is 12.0 Å². The van der Waals surface area contributed by atoms with Gasteiger partial charge < -0.3 is 10.1 Å². The summed E-state index contributed by atoms with van der Waals surface area (Å²) in [6, 6.07) is 8.79. The Bertz CT molecular complexity index is 362. The molecule has 0 aliphatic carbocycles. The lowest BCUT2D eigenvalue weighted by Gasteiger charge is -2.15. The molecular weight excluding hydrogens is 198 g/mol. The third-order valence-corrected chi connectivity index (χ3v) is 3.03. The fourth-order valence-electron chi connectivity index (χ4n) is 2.08. The van der Waals surface area contributed by atoms with Crippen molar-refractivity contribution in [2.24, 2.45) is 0 Å². The van der Waals surface area contributed by atoms with Gasteiger partial charge in [0.05, 0.1) is 6.61 Å². The van der Waals surface area contributed by atoms with Crippen LogP contribution < -0.4 is 10.1 Å². The summed E-state index contributed by atoms with van der Waals surface area (Å²) in [5.74, 6) is 1.54. The lowest BCUT2D eigenvalue weighted by Crippen LogP contribution is -2.30. The second-order valence-corrected chi connectivity index (χ2v) is 4.38. The summed E-state index contributed by atoms with van der Waals surface area (Å²) in [7, 11) is 0. The first kappa shape index (κ1) is 11.2. The topological polar surface area (TPSA) is 21.3 Å². The summed E-state index contributed by atoms with van der Waals surface area (Å²) < 4.78 is 5.64. The maximum absolute atomic E-state index is 5.64. The van der Waals surface area contributed by atoms with Crippen LogP contribution in [0.2, 0.25) is 0 Å². The maximum Gasteiger partial charge on any atom is 0.122 e. The molecule has 1 aromatic rings. The molecule has 0 aromatic heterocycles. The quantitative estimate of drug-likeness (QED) is 0.766. The van der Waals surface area contributed by atoms with Crippen LogP contribution in [0.4, 0.5) is 0 Å². The zero-order valence-electron chi connectivity index (χ0n) is 9.78. The Hall–Kier alpha value is -1.28. The fourth-order valence-corrected chi connectivity index (χ4v) is 2.08. The van der Waals surface area contributed by atoms with Gasteiger partial charge in [0.2, 0.25) is 0 Å². The average molecular weight is 217 g/mol. The summed E-state index contributed by atoms with van der Waals surface area (Å²) >= 11 is 0. The van der Waals surface area contributed by atoms with E-state index in [4.69, 9.17) is 4.74 Å². The molecule has 0 saturated heterocycles. The summed E-state index contributed by atoms with van der Waals surface area (Å²) in [6.07, 6.45) is 2.96. The molecule has 2 heteroatoms. The lowest BCUT2D eigenvalue weighted by molar-refractivity contribution is 0.323. The number of nitrogens with one attached hydrogen (secondary N) is 1. The number of ether oxygens (including phenoxy) is 1. The van der Waals surface area contributed by atoms with Gasteiger partial charge in [-0.1, -0.05) is 24.3 Å². The number of hydrogen-bond donors (Lipinski definition) is 1. The third-order valence-electron chi connectivity index (χ3n) is 3.03. The Balaban J connectivity index is 1.91. The molecule has 2 atom stereocenters. The van der Waals surface area contributed by atoms with Crippen LogP contribution in [0.1, 0.15) is 24.8 Å². The first-order chi connectivity index (χ1) is 7.81. The first-order valence-corrected chi connectivity index (χ1v) is 5.87. The predicted octanol–water partition coefficient (Wildman–Crippen LogP) is 2.72. The van der Waals surface area contributed by atoms with Crippen molar-refractivity contribution in [2.75, 3.05) is 13.2 Å². The number of para-hydroxylation sites is 1. The minimum atomic E-state index is 0.489. The molecule has 0 amide bonds. The molecule has 1 heterocycles. The molecule has 1 aliphatic rings. The molecule has 1 aromatic carbocycles. The molecule has 2 unspecified atom stereocenters. The second-order valence-electron chi connectivity index (χ2n) is 4.38. The van der Waals surface area contributed by atoms with Gasteiger partial charge in [-0.15, -0.1) is 6.58 Å². The van der Waals surface area contributed by atoms with Crippen molar-refractivity contribution in [2.45, 2.75) is 25.3 Å². The van der Waals surface area contributed by atoms with E-state index in [2.05, 4.69) is 31.0 Å². The SMILES string of the molecule is C=CCC(C)NCC1COc2ccccc21. The molecule has 1 N–H and O–H groups in total. The molecule has 2 nitrogen and oxygen atoms in total. The van der Waals surface area contributed by atoms with Crippen LogP contribution in [0, 0.1) is 0 Å². The highest BCUT2D eigenvalue weighted by Crippen LogP contribution is 2.32. The molecule has 2 rings (SSSR count). The van der Waals surface area contributed by atoms with Crippen LogP contribution in [0.15, 0.2) is 36.9 Å². The van der Waals surface area contributed by atoms with Gasteiger partial charge in [0, 0.05) is 24.1 Å². The van der Waals surface area contributed by atoms with E-state index in [1.54, 1.807) is 0 Å². The van der Waals surface area contributed by atoms with E-state index >= 15 is 0 Å². The van der Waals surface area contributed by atoms with Crippen LogP contribution in [-0.2, 0) is 0 Å².